The summed E-state index contributed by atoms with van der Waals surface area (Å²) in [7, 11) is 0. The van der Waals surface area contributed by atoms with Crippen LogP contribution in [0.3, 0.4) is 0 Å². The molecule has 0 bridgehead atoms. The first-order valence-electron chi connectivity index (χ1n) is 9.74. The Morgan fingerprint density at radius 3 is 1.03 bits per heavy atom. The van der Waals surface area contributed by atoms with Gasteiger partial charge in [-0.1, -0.05) is 40.5 Å². The smallest absolute Gasteiger partial charge is 0.331 e. The molecule has 12 nitrogen and oxygen atoms in total. The van der Waals surface area contributed by atoms with E-state index >= 15 is 0 Å². The largest absolute Gasteiger partial charge is 0.478 e. The summed E-state index contributed by atoms with van der Waals surface area (Å²) in [5, 5.41) is 27.0. The molecule has 0 spiro atoms. The molecule has 0 saturated carbocycles. The molecule has 1 rings (SSSR count). The van der Waals surface area contributed by atoms with Gasteiger partial charge >= 0.3 is 35.9 Å². The Kier molecular flexibility index (Phi) is 9.99. The first-order chi connectivity index (χ1) is 15.3. The lowest BCUT2D eigenvalue weighted by atomic mass is 10.0. The van der Waals surface area contributed by atoms with Crippen molar-refractivity contribution in [2.45, 2.75) is 20.8 Å². The minimum atomic E-state index is -1.17. The molecule has 0 aliphatic heterocycles. The van der Waals surface area contributed by atoms with Gasteiger partial charge in [-0.25, -0.2) is 14.4 Å². The van der Waals surface area contributed by atoms with E-state index in [1.165, 1.54) is 0 Å². The maximum Gasteiger partial charge on any atom is 0.331 e. The molecule has 1 heterocycles. The lowest BCUT2D eigenvalue weighted by molar-refractivity contribution is -0.134. The minimum Gasteiger partial charge on any atom is -0.478 e. The molecule has 3 N–H and O–H groups in total. The third kappa shape index (κ3) is 8.59. The van der Waals surface area contributed by atoms with Crippen LogP contribution in [0, 0.1) is 17.8 Å². The lowest BCUT2D eigenvalue weighted by Crippen LogP contribution is -2.20. The number of carbonyl (C=O) groups is 3. The summed E-state index contributed by atoms with van der Waals surface area (Å²) in [6.07, 6.45) is 0. The highest BCUT2D eigenvalue weighted by atomic mass is 16.5. The van der Waals surface area contributed by atoms with Crippen molar-refractivity contribution in [3.63, 3.8) is 0 Å². The predicted molar refractivity (Wildman–Crippen MR) is 114 cm³/mol. The summed E-state index contributed by atoms with van der Waals surface area (Å²) in [4.78, 5) is 45.0. The topological polar surface area (TPSA) is 178 Å². The fourth-order valence-corrected chi connectivity index (χ4v) is 2.05. The molecule has 1 aromatic rings. The number of rotatable bonds is 15. The van der Waals surface area contributed by atoms with Gasteiger partial charge < -0.3 is 29.5 Å². The van der Waals surface area contributed by atoms with E-state index in [4.69, 9.17) is 29.5 Å². The van der Waals surface area contributed by atoms with E-state index in [-0.39, 0.29) is 54.6 Å². The molecule has 1 aromatic heterocycles. The van der Waals surface area contributed by atoms with Gasteiger partial charge in [0.25, 0.3) is 0 Å². The normalized spacial score (nSPS) is 13.2. The van der Waals surface area contributed by atoms with Crippen LogP contribution in [-0.2, 0) is 14.4 Å². The number of nitrogens with zero attached hydrogens (tertiary/aromatic N) is 3. The molecule has 0 aliphatic rings. The van der Waals surface area contributed by atoms with E-state index in [1.54, 1.807) is 20.8 Å². The summed E-state index contributed by atoms with van der Waals surface area (Å²) >= 11 is 0. The minimum absolute atomic E-state index is 0.0704. The Bertz CT molecular complexity index is 814. The Labute approximate surface area is 190 Å². The second-order valence-corrected chi connectivity index (χ2v) is 7.31. The number of hydrogen-bond acceptors (Lipinski definition) is 9. The van der Waals surface area contributed by atoms with E-state index in [1.807, 2.05) is 0 Å². The summed E-state index contributed by atoms with van der Waals surface area (Å²) in [6, 6.07) is -0.724. The van der Waals surface area contributed by atoms with Crippen LogP contribution in [0.1, 0.15) is 20.8 Å². The van der Waals surface area contributed by atoms with Crippen molar-refractivity contribution in [2.75, 3.05) is 19.8 Å². The SMILES string of the molecule is C=C(C(=O)O)C(C)COc1nc(OCC(C)C(=C)C(=O)O)nc(OCC(C)C(=C)C(=O)O)n1. The number of carboxylic acid groups (broad SMARTS) is 3. The van der Waals surface area contributed by atoms with E-state index in [2.05, 4.69) is 34.7 Å². The molecule has 3 atom stereocenters. The van der Waals surface area contributed by atoms with E-state index in [0.29, 0.717) is 0 Å². The number of aromatic nitrogens is 3. The van der Waals surface area contributed by atoms with Gasteiger partial charge in [-0.05, 0) is 0 Å². The second-order valence-electron chi connectivity index (χ2n) is 7.31. The van der Waals surface area contributed by atoms with Gasteiger partial charge in [0.15, 0.2) is 0 Å². The zero-order chi connectivity index (χ0) is 25.3. The standard InChI is InChI=1S/C21H27N3O9/c1-10(13(4)16(25)26)7-31-19-22-20(32-8-11(2)14(5)17(27)28)24-21(23-19)33-9-12(3)15(6)18(29)30/h10-12H,4-9H2,1-3H3,(H,25,26)(H,27,28)(H,29,30). The first-order valence-corrected chi connectivity index (χ1v) is 9.74. The van der Waals surface area contributed by atoms with Gasteiger partial charge in [0.2, 0.25) is 0 Å². The predicted octanol–water partition coefficient (Wildman–Crippen LogP) is 1.84. The van der Waals surface area contributed by atoms with Gasteiger partial charge in [0.1, 0.15) is 0 Å². The fourth-order valence-electron chi connectivity index (χ4n) is 2.05. The Morgan fingerprint density at radius 1 is 0.636 bits per heavy atom. The number of aliphatic carboxylic acids is 3. The van der Waals surface area contributed by atoms with Crippen LogP contribution in [0.5, 0.6) is 18.0 Å². The number of carboxylic acids is 3. The Hall–Kier alpha value is -3.96. The van der Waals surface area contributed by atoms with Crippen LogP contribution in [0.15, 0.2) is 36.5 Å². The maximum absolute atomic E-state index is 11.0. The monoisotopic (exact) mass is 465 g/mol. The first kappa shape index (κ1) is 27.1. The van der Waals surface area contributed by atoms with Crippen molar-refractivity contribution >= 4 is 17.9 Å². The van der Waals surface area contributed by atoms with Crippen molar-refractivity contribution < 1.29 is 43.9 Å². The molecular formula is C21H27N3O9. The van der Waals surface area contributed by atoms with Crippen LogP contribution in [-0.4, -0.2) is 68.0 Å². The summed E-state index contributed by atoms with van der Waals surface area (Å²) in [6.45, 7) is 14.8. The van der Waals surface area contributed by atoms with Gasteiger partial charge in [-0.3, -0.25) is 0 Å². The third-order valence-corrected chi connectivity index (χ3v) is 4.57. The second kappa shape index (κ2) is 12.2. The molecule has 0 radical (unpaired) electrons. The van der Waals surface area contributed by atoms with Gasteiger partial charge in [0, 0.05) is 34.5 Å². The highest BCUT2D eigenvalue weighted by molar-refractivity contribution is 5.87. The van der Waals surface area contributed by atoms with Crippen molar-refractivity contribution in [1.29, 1.82) is 0 Å². The molecule has 12 heteroatoms. The number of hydrogen-bond donors (Lipinski definition) is 3. The molecule has 0 aromatic carbocycles. The quantitative estimate of drug-likeness (QED) is 0.320. The zero-order valence-electron chi connectivity index (χ0n) is 18.6. The van der Waals surface area contributed by atoms with Gasteiger partial charge in [0.05, 0.1) is 19.8 Å². The average Bonchev–Trinajstić information content (AvgIpc) is 2.77. The molecule has 0 fully saturated rings. The molecule has 0 saturated heterocycles. The van der Waals surface area contributed by atoms with Crippen LogP contribution >= 0.6 is 0 Å². The van der Waals surface area contributed by atoms with Crippen LogP contribution < -0.4 is 14.2 Å². The van der Waals surface area contributed by atoms with Crippen LogP contribution in [0.25, 0.3) is 0 Å². The van der Waals surface area contributed by atoms with Crippen molar-refractivity contribution in [2.24, 2.45) is 17.8 Å². The van der Waals surface area contributed by atoms with E-state index in [0.717, 1.165) is 0 Å². The van der Waals surface area contributed by atoms with Crippen LogP contribution in [0.2, 0.25) is 0 Å². The molecule has 180 valence electrons. The number of ether oxygens (including phenoxy) is 3. The highest BCUT2D eigenvalue weighted by Crippen LogP contribution is 2.19. The fraction of sp³-hybridized carbons (Fsp3) is 0.429. The molecule has 3 unspecified atom stereocenters. The van der Waals surface area contributed by atoms with Crippen molar-refractivity contribution in [3.8, 4) is 18.0 Å². The molecule has 0 amide bonds. The Morgan fingerprint density at radius 2 is 0.848 bits per heavy atom. The average molecular weight is 465 g/mol. The summed E-state index contributed by atoms with van der Waals surface area (Å²) in [5.41, 5.74) is -0.211. The van der Waals surface area contributed by atoms with E-state index < -0.39 is 35.7 Å². The molecule has 0 aliphatic carbocycles. The maximum atomic E-state index is 11.0. The highest BCUT2D eigenvalue weighted by Gasteiger charge is 2.20. The molecule has 33 heavy (non-hydrogen) atoms. The summed E-state index contributed by atoms with van der Waals surface area (Å²) < 4.78 is 16.3. The van der Waals surface area contributed by atoms with Gasteiger partial charge in [-0.2, -0.15) is 0 Å². The van der Waals surface area contributed by atoms with Crippen LogP contribution in [0.4, 0.5) is 0 Å². The summed E-state index contributed by atoms with van der Waals surface area (Å²) in [5.74, 6) is -5.21. The molecular weight excluding hydrogens is 438 g/mol. The third-order valence-electron chi connectivity index (χ3n) is 4.57. The Balaban J connectivity index is 3.01. The van der Waals surface area contributed by atoms with Crippen molar-refractivity contribution in [1.82, 2.24) is 15.0 Å². The van der Waals surface area contributed by atoms with E-state index in [9.17, 15) is 14.4 Å². The van der Waals surface area contributed by atoms with Crippen molar-refractivity contribution in [3.05, 3.63) is 36.5 Å². The zero-order valence-corrected chi connectivity index (χ0v) is 18.6. The van der Waals surface area contributed by atoms with Gasteiger partial charge in [-0.15, -0.1) is 15.0 Å². The lowest BCUT2D eigenvalue weighted by Gasteiger charge is -2.15.